The Balaban J connectivity index is 1.75. The van der Waals surface area contributed by atoms with Crippen LogP contribution in [0.15, 0.2) is 48.5 Å². The van der Waals surface area contributed by atoms with Crippen LogP contribution in [0.4, 0.5) is 0 Å². The van der Waals surface area contributed by atoms with Gasteiger partial charge in [0.25, 0.3) is 0 Å². The van der Waals surface area contributed by atoms with Gasteiger partial charge in [-0.1, -0.05) is 42.5 Å². The molecule has 0 unspecified atom stereocenters. The fraction of sp³-hybridized carbons (Fsp3) is 0.368. The molecule has 2 aromatic carbocycles. The van der Waals surface area contributed by atoms with Gasteiger partial charge in [0.15, 0.2) is 0 Å². The summed E-state index contributed by atoms with van der Waals surface area (Å²) >= 11 is 0. The van der Waals surface area contributed by atoms with E-state index in [1.165, 1.54) is 16.7 Å². The third kappa shape index (κ3) is 3.74. The zero-order valence-corrected chi connectivity index (χ0v) is 13.0. The lowest BCUT2D eigenvalue weighted by Gasteiger charge is -2.26. The smallest absolute Gasteiger partial charge is 0.0761 e. The lowest BCUT2D eigenvalue weighted by atomic mass is 10.0. The van der Waals surface area contributed by atoms with E-state index in [0.717, 1.165) is 38.4 Å². The first kappa shape index (κ1) is 15.2. The van der Waals surface area contributed by atoms with Crippen LogP contribution in [0.1, 0.15) is 24.2 Å². The van der Waals surface area contributed by atoms with E-state index in [-0.39, 0.29) is 0 Å². The Kier molecular flexibility index (Phi) is 4.88. The third-order valence-corrected chi connectivity index (χ3v) is 4.16. The summed E-state index contributed by atoms with van der Waals surface area (Å²) in [5.41, 5.74) is 4.70. The first-order chi connectivity index (χ1) is 10.7. The zero-order chi connectivity index (χ0) is 15.4. The maximum Gasteiger partial charge on any atom is 0.0761 e. The van der Waals surface area contributed by atoms with Gasteiger partial charge in [-0.3, -0.25) is 4.90 Å². The van der Waals surface area contributed by atoms with Crippen molar-refractivity contribution in [3.63, 3.8) is 0 Å². The highest BCUT2D eigenvalue weighted by atomic mass is 16.5. The van der Waals surface area contributed by atoms with Crippen LogP contribution in [0.25, 0.3) is 11.1 Å². The van der Waals surface area contributed by atoms with Gasteiger partial charge in [0.05, 0.1) is 19.3 Å². The molecule has 1 aliphatic rings. The second-order valence-electron chi connectivity index (χ2n) is 5.89. The molecule has 3 nitrogen and oxygen atoms in total. The molecule has 3 rings (SSSR count). The number of nitrogens with zero attached hydrogens (tertiary/aromatic N) is 1. The quantitative estimate of drug-likeness (QED) is 0.940. The first-order valence-corrected chi connectivity index (χ1v) is 7.90. The summed E-state index contributed by atoms with van der Waals surface area (Å²) in [6.07, 6.45) is -0.415. The molecule has 3 heteroatoms. The van der Waals surface area contributed by atoms with E-state index in [0.29, 0.717) is 0 Å². The van der Waals surface area contributed by atoms with Crippen LogP contribution in [-0.4, -0.2) is 36.3 Å². The minimum Gasteiger partial charge on any atom is -0.389 e. The van der Waals surface area contributed by atoms with Gasteiger partial charge >= 0.3 is 0 Å². The molecule has 1 aliphatic heterocycles. The number of hydrogen-bond acceptors (Lipinski definition) is 3. The Labute approximate surface area is 132 Å². The summed E-state index contributed by atoms with van der Waals surface area (Å²) in [4.78, 5) is 2.43. The Hall–Kier alpha value is -1.68. The van der Waals surface area contributed by atoms with Crippen molar-refractivity contribution in [1.29, 1.82) is 0 Å². The van der Waals surface area contributed by atoms with E-state index >= 15 is 0 Å². The van der Waals surface area contributed by atoms with Crippen molar-refractivity contribution in [3.05, 3.63) is 59.7 Å². The van der Waals surface area contributed by atoms with Crippen molar-refractivity contribution in [2.75, 3.05) is 26.3 Å². The SMILES string of the molecule is C[C@@H](O)c1ccc(-c2cccc(CN3CCOCC3)c2)cc1. The Morgan fingerprint density at radius 1 is 1.05 bits per heavy atom. The fourth-order valence-corrected chi connectivity index (χ4v) is 2.82. The zero-order valence-electron chi connectivity index (χ0n) is 13.0. The van der Waals surface area contributed by atoms with Crippen LogP contribution < -0.4 is 0 Å². The Morgan fingerprint density at radius 2 is 1.77 bits per heavy atom. The molecule has 1 N–H and O–H groups in total. The lowest BCUT2D eigenvalue weighted by molar-refractivity contribution is 0.0342. The molecule has 0 radical (unpaired) electrons. The van der Waals surface area contributed by atoms with E-state index < -0.39 is 6.10 Å². The molecule has 1 atom stereocenters. The summed E-state index contributed by atoms with van der Waals surface area (Å²) in [6.45, 7) is 6.45. The predicted octanol–water partition coefficient (Wildman–Crippen LogP) is 3.24. The molecule has 0 amide bonds. The molecule has 22 heavy (non-hydrogen) atoms. The van der Waals surface area contributed by atoms with E-state index in [9.17, 15) is 5.11 Å². The van der Waals surface area contributed by atoms with Gasteiger partial charge < -0.3 is 9.84 Å². The van der Waals surface area contributed by atoms with E-state index in [2.05, 4.69) is 41.3 Å². The van der Waals surface area contributed by atoms with E-state index in [1.807, 2.05) is 12.1 Å². The van der Waals surface area contributed by atoms with Gasteiger partial charge in [0.1, 0.15) is 0 Å². The van der Waals surface area contributed by atoms with Crippen molar-refractivity contribution in [2.24, 2.45) is 0 Å². The number of aliphatic hydroxyl groups is 1. The second kappa shape index (κ2) is 7.05. The van der Waals surface area contributed by atoms with Crippen LogP contribution in [0.2, 0.25) is 0 Å². The van der Waals surface area contributed by atoms with Crippen LogP contribution in [0.5, 0.6) is 0 Å². The van der Waals surface area contributed by atoms with E-state index in [1.54, 1.807) is 6.92 Å². The molecule has 1 heterocycles. The van der Waals surface area contributed by atoms with Crippen molar-refractivity contribution >= 4 is 0 Å². The summed E-state index contributed by atoms with van der Waals surface area (Å²) in [7, 11) is 0. The van der Waals surface area contributed by atoms with Crippen LogP contribution in [-0.2, 0) is 11.3 Å². The molecular formula is C19H23NO2. The first-order valence-electron chi connectivity index (χ1n) is 7.90. The molecule has 0 spiro atoms. The van der Waals surface area contributed by atoms with Gasteiger partial charge in [-0.2, -0.15) is 0 Å². The van der Waals surface area contributed by atoms with Crippen molar-refractivity contribution < 1.29 is 9.84 Å². The highest BCUT2D eigenvalue weighted by Gasteiger charge is 2.11. The molecule has 0 saturated carbocycles. The number of rotatable bonds is 4. The summed E-state index contributed by atoms with van der Waals surface area (Å²) in [6, 6.07) is 16.8. The molecule has 1 fully saturated rings. The molecule has 0 bridgehead atoms. The number of morpholine rings is 1. The molecule has 1 saturated heterocycles. The minimum atomic E-state index is -0.415. The average Bonchev–Trinajstić information content (AvgIpc) is 2.56. The van der Waals surface area contributed by atoms with Gasteiger partial charge in [-0.25, -0.2) is 0 Å². The topological polar surface area (TPSA) is 32.7 Å². The molecular weight excluding hydrogens is 274 g/mol. The second-order valence-corrected chi connectivity index (χ2v) is 5.89. The molecule has 0 aromatic heterocycles. The highest BCUT2D eigenvalue weighted by Crippen LogP contribution is 2.23. The third-order valence-electron chi connectivity index (χ3n) is 4.16. The standard InChI is InChI=1S/C19H23NO2/c1-15(21)17-5-7-18(8-6-17)19-4-2-3-16(13-19)14-20-9-11-22-12-10-20/h2-8,13,15,21H,9-12,14H2,1H3/t15-/m1/s1. The van der Waals surface area contributed by atoms with Gasteiger partial charge in [0.2, 0.25) is 0 Å². The summed E-state index contributed by atoms with van der Waals surface area (Å²) in [5.74, 6) is 0. The largest absolute Gasteiger partial charge is 0.389 e. The average molecular weight is 297 g/mol. The number of aliphatic hydroxyl groups excluding tert-OH is 1. The highest BCUT2D eigenvalue weighted by molar-refractivity contribution is 5.64. The number of ether oxygens (including phenoxy) is 1. The van der Waals surface area contributed by atoms with Gasteiger partial charge in [-0.15, -0.1) is 0 Å². The van der Waals surface area contributed by atoms with Gasteiger partial charge in [-0.05, 0) is 35.2 Å². The predicted molar refractivity (Wildman–Crippen MR) is 88.6 cm³/mol. The van der Waals surface area contributed by atoms with Crippen LogP contribution >= 0.6 is 0 Å². The normalized spacial score (nSPS) is 17.4. The van der Waals surface area contributed by atoms with E-state index in [4.69, 9.17) is 4.74 Å². The number of hydrogen-bond donors (Lipinski definition) is 1. The molecule has 0 aliphatic carbocycles. The maximum absolute atomic E-state index is 9.60. The van der Waals surface area contributed by atoms with Crippen LogP contribution in [0, 0.1) is 0 Å². The summed E-state index contributed by atoms with van der Waals surface area (Å²) < 4.78 is 5.40. The Morgan fingerprint density at radius 3 is 2.45 bits per heavy atom. The Bertz CT molecular complexity index is 601. The fourth-order valence-electron chi connectivity index (χ4n) is 2.82. The van der Waals surface area contributed by atoms with Crippen LogP contribution in [0.3, 0.4) is 0 Å². The molecule has 2 aromatic rings. The minimum absolute atomic E-state index is 0.415. The van der Waals surface area contributed by atoms with Crippen molar-refractivity contribution in [1.82, 2.24) is 4.90 Å². The maximum atomic E-state index is 9.60. The summed E-state index contributed by atoms with van der Waals surface area (Å²) in [5, 5.41) is 9.60. The van der Waals surface area contributed by atoms with Crippen molar-refractivity contribution in [2.45, 2.75) is 19.6 Å². The lowest BCUT2D eigenvalue weighted by Crippen LogP contribution is -2.35. The molecule has 116 valence electrons. The number of benzene rings is 2. The monoisotopic (exact) mass is 297 g/mol. The van der Waals surface area contributed by atoms with Crippen molar-refractivity contribution in [3.8, 4) is 11.1 Å². The van der Waals surface area contributed by atoms with Gasteiger partial charge in [0, 0.05) is 19.6 Å².